The van der Waals surface area contributed by atoms with E-state index in [2.05, 4.69) is 0 Å². The van der Waals surface area contributed by atoms with E-state index in [4.69, 9.17) is 9.47 Å². The summed E-state index contributed by atoms with van der Waals surface area (Å²) in [5.74, 6) is 0.427. The summed E-state index contributed by atoms with van der Waals surface area (Å²) in [4.78, 5) is 0. The molecule has 0 fully saturated rings. The maximum atomic E-state index is 12.6. The Morgan fingerprint density at radius 1 is 1.29 bits per heavy atom. The van der Waals surface area contributed by atoms with Crippen LogP contribution in [0.25, 0.3) is 0 Å². The minimum atomic E-state index is -4.96. The fraction of sp³-hybridized carbons (Fsp3) is 0.455. The van der Waals surface area contributed by atoms with Gasteiger partial charge in [0.25, 0.3) is 0 Å². The van der Waals surface area contributed by atoms with Crippen molar-refractivity contribution < 1.29 is 22.4 Å². The Morgan fingerprint density at radius 3 is 2.41 bits per heavy atom. The van der Waals surface area contributed by atoms with Gasteiger partial charge in [0.15, 0.2) is 0 Å². The molecule has 0 radical (unpaired) electrons. The van der Waals surface area contributed by atoms with Gasteiger partial charge in [-0.25, -0.2) is 0 Å². The molecule has 1 atom stereocenters. The predicted molar refractivity (Wildman–Crippen MR) is 61.9 cm³/mol. The molecule has 0 spiro atoms. The van der Waals surface area contributed by atoms with E-state index in [1.807, 2.05) is 0 Å². The van der Waals surface area contributed by atoms with Crippen LogP contribution in [-0.4, -0.2) is 26.8 Å². The Morgan fingerprint density at radius 2 is 1.94 bits per heavy atom. The molecule has 0 saturated carbocycles. The first-order valence-electron chi connectivity index (χ1n) is 5.30. The van der Waals surface area contributed by atoms with Crippen LogP contribution in [0.15, 0.2) is 18.2 Å². The van der Waals surface area contributed by atoms with Gasteiger partial charge in [-0.3, -0.25) is 0 Å². The highest BCUT2D eigenvalue weighted by molar-refractivity contribution is 6.74. The lowest BCUT2D eigenvalue weighted by molar-refractivity contribution is 0.0920. The van der Waals surface area contributed by atoms with Crippen molar-refractivity contribution >= 4 is 12.4 Å². The van der Waals surface area contributed by atoms with Crippen molar-refractivity contribution in [1.29, 1.82) is 0 Å². The van der Waals surface area contributed by atoms with E-state index >= 15 is 0 Å². The largest absolute Gasteiger partial charge is 0.509 e. The number of halogens is 3. The second-order valence-corrected chi connectivity index (χ2v) is 3.98. The van der Waals surface area contributed by atoms with E-state index in [0.29, 0.717) is 12.4 Å². The average molecular weight is 247 g/mol. The van der Waals surface area contributed by atoms with Gasteiger partial charge in [-0.15, -0.1) is 5.46 Å². The molecular formula is C11H15BF3O2-. The molecule has 17 heavy (non-hydrogen) atoms. The molecular weight excluding hydrogens is 232 g/mol. The summed E-state index contributed by atoms with van der Waals surface area (Å²) in [5, 5.41) is 0. The molecule has 0 N–H and O–H groups in total. The Labute approximate surface area is 98.8 Å². The first kappa shape index (κ1) is 13.9. The van der Waals surface area contributed by atoms with Gasteiger partial charge in [0.1, 0.15) is 11.9 Å². The van der Waals surface area contributed by atoms with E-state index in [-0.39, 0.29) is 11.7 Å². The molecule has 0 aromatic heterocycles. The molecule has 0 saturated heterocycles. The number of aryl methyl sites for hydroxylation is 1. The first-order chi connectivity index (χ1) is 7.84. The number of hydrogen-bond donors (Lipinski definition) is 0. The number of ether oxygens (including phenoxy) is 2. The SMILES string of the molecule is COCC(C)Oc1ccc([B-](F)(F)F)c(C)c1. The highest BCUT2D eigenvalue weighted by atomic mass is 19.4. The number of methoxy groups -OCH3 is 1. The summed E-state index contributed by atoms with van der Waals surface area (Å²) in [6, 6.07) is 3.80. The lowest BCUT2D eigenvalue weighted by atomic mass is 9.77. The second-order valence-electron chi connectivity index (χ2n) is 3.98. The van der Waals surface area contributed by atoms with Gasteiger partial charge in [0, 0.05) is 7.11 Å². The zero-order valence-electron chi connectivity index (χ0n) is 10.0. The van der Waals surface area contributed by atoms with Gasteiger partial charge in [-0.05, 0) is 26.0 Å². The third-order valence-corrected chi connectivity index (χ3v) is 2.33. The topological polar surface area (TPSA) is 18.5 Å². The zero-order valence-corrected chi connectivity index (χ0v) is 10.0. The Kier molecular flexibility index (Phi) is 4.45. The van der Waals surface area contributed by atoms with Crippen LogP contribution >= 0.6 is 0 Å². The van der Waals surface area contributed by atoms with Gasteiger partial charge >= 0.3 is 6.98 Å². The summed E-state index contributed by atoms with van der Waals surface area (Å²) in [6.45, 7) is -1.34. The molecule has 0 heterocycles. The molecule has 0 aliphatic carbocycles. The molecule has 1 aromatic carbocycles. The second kappa shape index (κ2) is 5.45. The minimum absolute atomic E-state index is 0.180. The molecule has 1 aromatic rings. The van der Waals surface area contributed by atoms with E-state index in [1.54, 1.807) is 14.0 Å². The van der Waals surface area contributed by atoms with Crippen LogP contribution < -0.4 is 10.2 Å². The van der Waals surface area contributed by atoms with Crippen molar-refractivity contribution in [3.8, 4) is 5.75 Å². The van der Waals surface area contributed by atoms with Crippen molar-refractivity contribution in [1.82, 2.24) is 0 Å². The highest BCUT2D eigenvalue weighted by Gasteiger charge is 2.27. The van der Waals surface area contributed by atoms with Crippen LogP contribution in [0.1, 0.15) is 12.5 Å². The van der Waals surface area contributed by atoms with Crippen molar-refractivity contribution in [3.63, 3.8) is 0 Å². The fourth-order valence-electron chi connectivity index (χ4n) is 1.59. The maximum Gasteiger partial charge on any atom is 0.509 e. The van der Waals surface area contributed by atoms with Gasteiger partial charge < -0.3 is 22.4 Å². The first-order valence-corrected chi connectivity index (χ1v) is 5.30. The Bertz CT molecular complexity index is 379. The number of benzene rings is 1. The van der Waals surface area contributed by atoms with E-state index in [1.165, 1.54) is 19.1 Å². The Balaban J connectivity index is 2.82. The normalized spacial score (nSPS) is 13.5. The smallest absolute Gasteiger partial charge is 0.488 e. The van der Waals surface area contributed by atoms with Crippen molar-refractivity contribution in [2.45, 2.75) is 20.0 Å². The lowest BCUT2D eigenvalue weighted by Crippen LogP contribution is -2.36. The monoisotopic (exact) mass is 247 g/mol. The molecule has 6 heteroatoms. The molecule has 96 valence electrons. The predicted octanol–water partition coefficient (Wildman–Crippen LogP) is 2.46. The van der Waals surface area contributed by atoms with Crippen LogP contribution in [0, 0.1) is 6.92 Å². The third-order valence-electron chi connectivity index (χ3n) is 2.33. The van der Waals surface area contributed by atoms with Crippen LogP contribution in [0.5, 0.6) is 5.75 Å². The van der Waals surface area contributed by atoms with Crippen molar-refractivity contribution in [2.24, 2.45) is 0 Å². The molecule has 1 unspecified atom stereocenters. The Hall–Kier alpha value is -1.17. The van der Waals surface area contributed by atoms with Crippen molar-refractivity contribution in [3.05, 3.63) is 23.8 Å². The summed E-state index contributed by atoms with van der Waals surface area (Å²) in [7, 11) is 1.54. The highest BCUT2D eigenvalue weighted by Crippen LogP contribution is 2.18. The lowest BCUT2D eigenvalue weighted by Gasteiger charge is -2.20. The molecule has 0 bridgehead atoms. The van der Waals surface area contributed by atoms with Crippen molar-refractivity contribution in [2.75, 3.05) is 13.7 Å². The molecule has 0 amide bonds. The molecule has 1 rings (SSSR count). The number of hydrogen-bond acceptors (Lipinski definition) is 2. The molecule has 0 aliphatic rings. The maximum absolute atomic E-state index is 12.6. The van der Waals surface area contributed by atoms with Gasteiger partial charge in [-0.1, -0.05) is 11.6 Å². The van der Waals surface area contributed by atoms with E-state index < -0.39 is 12.4 Å². The number of rotatable bonds is 5. The zero-order chi connectivity index (χ0) is 13.1. The van der Waals surface area contributed by atoms with Gasteiger partial charge in [0.2, 0.25) is 0 Å². The van der Waals surface area contributed by atoms with Crippen LogP contribution in [0.3, 0.4) is 0 Å². The standard InChI is InChI=1S/C11H15BF3O2/c1-8-6-10(17-9(2)7-16-3)4-5-11(8)12(13,14)15/h4-6,9H,7H2,1-3H3/q-1. The molecule has 2 nitrogen and oxygen atoms in total. The van der Waals surface area contributed by atoms with Gasteiger partial charge in [0.05, 0.1) is 6.61 Å². The average Bonchev–Trinajstić information content (AvgIpc) is 2.15. The summed E-state index contributed by atoms with van der Waals surface area (Å²) >= 11 is 0. The van der Waals surface area contributed by atoms with Crippen LogP contribution in [0.2, 0.25) is 0 Å². The fourth-order valence-corrected chi connectivity index (χ4v) is 1.59. The quantitative estimate of drug-likeness (QED) is 0.744. The van der Waals surface area contributed by atoms with Gasteiger partial charge in [-0.2, -0.15) is 0 Å². The van der Waals surface area contributed by atoms with Crippen LogP contribution in [0.4, 0.5) is 12.9 Å². The van der Waals surface area contributed by atoms with E-state index in [0.717, 1.165) is 6.07 Å². The summed E-state index contributed by atoms with van der Waals surface area (Å²) in [5.41, 5.74) is -0.392. The third kappa shape index (κ3) is 3.96. The summed E-state index contributed by atoms with van der Waals surface area (Å²) in [6.07, 6.45) is -0.193. The van der Waals surface area contributed by atoms with E-state index in [9.17, 15) is 12.9 Å². The minimum Gasteiger partial charge on any atom is -0.488 e. The molecule has 0 aliphatic heterocycles. The summed E-state index contributed by atoms with van der Waals surface area (Å²) < 4.78 is 48.0. The van der Waals surface area contributed by atoms with Crippen LogP contribution in [-0.2, 0) is 4.74 Å².